The second-order valence-electron chi connectivity index (χ2n) is 5.49. The van der Waals surface area contributed by atoms with Crippen molar-refractivity contribution in [2.45, 2.75) is 19.9 Å². The van der Waals surface area contributed by atoms with Gasteiger partial charge in [-0.25, -0.2) is 9.97 Å². The van der Waals surface area contributed by atoms with E-state index in [1.54, 1.807) is 27.2 Å². The molecule has 0 aliphatic heterocycles. The van der Waals surface area contributed by atoms with Gasteiger partial charge in [-0.1, -0.05) is 12.1 Å². The molecule has 0 bridgehead atoms. The number of nitrogens with one attached hydrogen (secondary N) is 2. The van der Waals surface area contributed by atoms with E-state index in [9.17, 15) is 4.79 Å². The molecule has 7 heteroatoms. The predicted molar refractivity (Wildman–Crippen MR) is 95.9 cm³/mol. The van der Waals surface area contributed by atoms with Gasteiger partial charge in [0.1, 0.15) is 23.1 Å². The van der Waals surface area contributed by atoms with Gasteiger partial charge >= 0.3 is 0 Å². The summed E-state index contributed by atoms with van der Waals surface area (Å²) >= 11 is 0. The molecule has 0 atom stereocenters. The molecule has 0 aliphatic carbocycles. The molecule has 1 heterocycles. The van der Waals surface area contributed by atoms with Crippen molar-refractivity contribution in [3.8, 4) is 5.75 Å². The minimum Gasteiger partial charge on any atom is -0.497 e. The topological polar surface area (TPSA) is 85.4 Å². The number of carbonyl (C=O) groups excluding carboxylic acids is 1. The fourth-order valence-electron chi connectivity index (χ4n) is 2.22. The zero-order chi connectivity index (χ0) is 18.1. The van der Waals surface area contributed by atoms with Gasteiger partial charge in [0.15, 0.2) is 0 Å². The Morgan fingerprint density at radius 3 is 2.60 bits per heavy atom. The number of nitrogens with zero attached hydrogens (tertiary/aromatic N) is 2. The van der Waals surface area contributed by atoms with Crippen molar-refractivity contribution in [3.63, 3.8) is 0 Å². The molecular weight excluding hydrogens is 320 g/mol. The van der Waals surface area contributed by atoms with Crippen molar-refractivity contribution in [2.24, 2.45) is 0 Å². The molecule has 0 unspecified atom stereocenters. The van der Waals surface area contributed by atoms with Gasteiger partial charge < -0.3 is 20.1 Å². The Morgan fingerprint density at radius 1 is 1.16 bits per heavy atom. The Balaban J connectivity index is 1.96. The van der Waals surface area contributed by atoms with Gasteiger partial charge in [0.2, 0.25) is 0 Å². The van der Waals surface area contributed by atoms with Crippen LogP contribution in [-0.4, -0.2) is 43.2 Å². The molecule has 1 amide bonds. The third kappa shape index (κ3) is 6.04. The molecule has 1 aromatic heterocycles. The highest BCUT2D eigenvalue weighted by molar-refractivity contribution is 5.92. The lowest BCUT2D eigenvalue weighted by Crippen LogP contribution is -2.26. The van der Waals surface area contributed by atoms with Crippen LogP contribution in [0.5, 0.6) is 5.75 Å². The Kier molecular flexibility index (Phi) is 7.16. The summed E-state index contributed by atoms with van der Waals surface area (Å²) in [5.41, 5.74) is 1.43. The van der Waals surface area contributed by atoms with Gasteiger partial charge in [-0.3, -0.25) is 4.79 Å². The quantitative estimate of drug-likeness (QED) is 0.678. The summed E-state index contributed by atoms with van der Waals surface area (Å²) in [6.45, 7) is 3.51. The maximum Gasteiger partial charge on any atom is 0.270 e. The molecule has 0 saturated carbocycles. The highest BCUT2D eigenvalue weighted by atomic mass is 16.5. The normalized spacial score (nSPS) is 10.4. The minimum absolute atomic E-state index is 0.214. The maximum absolute atomic E-state index is 12.2. The second kappa shape index (κ2) is 9.58. The Hall–Kier alpha value is -2.67. The van der Waals surface area contributed by atoms with Gasteiger partial charge in [-0.2, -0.15) is 0 Å². The fraction of sp³-hybridized carbons (Fsp3) is 0.389. The highest BCUT2D eigenvalue weighted by Crippen LogP contribution is 2.13. The van der Waals surface area contributed by atoms with E-state index < -0.39 is 0 Å². The molecule has 2 aromatic rings. The lowest BCUT2D eigenvalue weighted by atomic mass is 10.2. The Morgan fingerprint density at radius 2 is 1.92 bits per heavy atom. The lowest BCUT2D eigenvalue weighted by Gasteiger charge is -2.09. The van der Waals surface area contributed by atoms with Crippen molar-refractivity contribution in [2.75, 3.05) is 32.7 Å². The molecule has 2 rings (SSSR count). The van der Waals surface area contributed by atoms with E-state index in [2.05, 4.69) is 20.6 Å². The minimum atomic E-state index is -0.214. The van der Waals surface area contributed by atoms with E-state index in [4.69, 9.17) is 9.47 Å². The van der Waals surface area contributed by atoms with Gasteiger partial charge in [-0.05, 0) is 31.0 Å². The third-order valence-electron chi connectivity index (χ3n) is 3.51. The fourth-order valence-corrected chi connectivity index (χ4v) is 2.22. The zero-order valence-corrected chi connectivity index (χ0v) is 14.8. The standard InChI is InChI=1S/C18H24N4O3/c1-13-21-16(18(23)19-9-4-10-24-2)11-17(22-13)20-12-14-5-7-15(25-3)8-6-14/h5-8,11H,4,9-10,12H2,1-3H3,(H,19,23)(H,20,21,22). The van der Waals surface area contributed by atoms with Gasteiger partial charge in [0.05, 0.1) is 7.11 Å². The molecule has 0 fully saturated rings. The van der Waals surface area contributed by atoms with Crippen molar-refractivity contribution >= 4 is 11.7 Å². The number of carbonyl (C=O) groups is 1. The van der Waals surface area contributed by atoms with Crippen molar-refractivity contribution in [3.05, 3.63) is 47.4 Å². The van der Waals surface area contributed by atoms with E-state index in [1.807, 2.05) is 24.3 Å². The van der Waals surface area contributed by atoms with Crippen LogP contribution in [0.25, 0.3) is 0 Å². The second-order valence-corrected chi connectivity index (χ2v) is 5.49. The largest absolute Gasteiger partial charge is 0.497 e. The molecule has 134 valence electrons. The van der Waals surface area contributed by atoms with E-state index in [1.165, 1.54) is 0 Å². The van der Waals surface area contributed by atoms with Crippen LogP contribution in [0.3, 0.4) is 0 Å². The molecule has 1 aromatic carbocycles. The molecule has 0 radical (unpaired) electrons. The summed E-state index contributed by atoms with van der Waals surface area (Å²) in [4.78, 5) is 20.7. The maximum atomic E-state index is 12.2. The number of rotatable bonds is 9. The Bertz CT molecular complexity index is 689. The summed E-state index contributed by atoms with van der Waals surface area (Å²) in [5, 5.41) is 6.04. The van der Waals surface area contributed by atoms with Crippen LogP contribution in [0.4, 0.5) is 5.82 Å². The Labute approximate surface area is 147 Å². The summed E-state index contributed by atoms with van der Waals surface area (Å²) in [6, 6.07) is 9.41. The number of hydrogen-bond donors (Lipinski definition) is 2. The van der Waals surface area contributed by atoms with E-state index in [0.29, 0.717) is 37.0 Å². The predicted octanol–water partition coefficient (Wildman–Crippen LogP) is 2.17. The molecule has 25 heavy (non-hydrogen) atoms. The van der Waals surface area contributed by atoms with Crippen LogP contribution in [0, 0.1) is 6.92 Å². The van der Waals surface area contributed by atoms with Gasteiger partial charge in [0.25, 0.3) is 5.91 Å². The number of methoxy groups -OCH3 is 2. The van der Waals surface area contributed by atoms with E-state index in [-0.39, 0.29) is 5.91 Å². The number of hydrogen-bond acceptors (Lipinski definition) is 6. The first-order chi connectivity index (χ1) is 12.1. The highest BCUT2D eigenvalue weighted by Gasteiger charge is 2.10. The van der Waals surface area contributed by atoms with Crippen LogP contribution in [0.2, 0.25) is 0 Å². The number of anilines is 1. The van der Waals surface area contributed by atoms with Crippen LogP contribution in [0.15, 0.2) is 30.3 Å². The number of amides is 1. The molecular formula is C18H24N4O3. The molecule has 0 saturated heterocycles. The van der Waals surface area contributed by atoms with Crippen molar-refractivity contribution in [1.29, 1.82) is 0 Å². The van der Waals surface area contributed by atoms with Crippen molar-refractivity contribution in [1.82, 2.24) is 15.3 Å². The van der Waals surface area contributed by atoms with Gasteiger partial charge in [-0.15, -0.1) is 0 Å². The van der Waals surface area contributed by atoms with Gasteiger partial charge in [0, 0.05) is 32.9 Å². The molecule has 0 spiro atoms. The monoisotopic (exact) mass is 344 g/mol. The number of aryl methyl sites for hydroxylation is 1. The van der Waals surface area contributed by atoms with Crippen molar-refractivity contribution < 1.29 is 14.3 Å². The van der Waals surface area contributed by atoms with Crippen LogP contribution >= 0.6 is 0 Å². The first-order valence-corrected chi connectivity index (χ1v) is 8.12. The molecule has 0 aliphatic rings. The average Bonchev–Trinajstić information content (AvgIpc) is 2.63. The van der Waals surface area contributed by atoms with Crippen LogP contribution in [-0.2, 0) is 11.3 Å². The smallest absolute Gasteiger partial charge is 0.270 e. The summed E-state index contributed by atoms with van der Waals surface area (Å²) in [6.07, 6.45) is 0.759. The summed E-state index contributed by atoms with van der Waals surface area (Å²) in [7, 11) is 3.27. The first-order valence-electron chi connectivity index (χ1n) is 8.12. The van der Waals surface area contributed by atoms with Crippen LogP contribution in [0.1, 0.15) is 28.3 Å². The van der Waals surface area contributed by atoms with E-state index in [0.717, 1.165) is 17.7 Å². The molecule has 7 nitrogen and oxygen atoms in total. The number of ether oxygens (including phenoxy) is 2. The third-order valence-corrected chi connectivity index (χ3v) is 3.51. The first kappa shape index (κ1) is 18.7. The van der Waals surface area contributed by atoms with E-state index >= 15 is 0 Å². The molecule has 2 N–H and O–H groups in total. The number of aromatic nitrogens is 2. The average molecular weight is 344 g/mol. The summed E-state index contributed by atoms with van der Waals surface area (Å²) in [5.74, 6) is 1.76. The van der Waals surface area contributed by atoms with Crippen LogP contribution < -0.4 is 15.4 Å². The number of benzene rings is 1. The SMILES string of the molecule is COCCCNC(=O)c1cc(NCc2ccc(OC)cc2)nc(C)n1. The summed E-state index contributed by atoms with van der Waals surface area (Å²) < 4.78 is 10.1. The zero-order valence-electron chi connectivity index (χ0n) is 14.8. The lowest BCUT2D eigenvalue weighted by molar-refractivity contribution is 0.0943.